The van der Waals surface area contributed by atoms with E-state index in [0.29, 0.717) is 19.0 Å². The van der Waals surface area contributed by atoms with Crippen LogP contribution in [-0.4, -0.2) is 23.6 Å². The van der Waals surface area contributed by atoms with Crippen molar-refractivity contribution in [1.29, 1.82) is 0 Å². The van der Waals surface area contributed by atoms with Crippen molar-refractivity contribution in [2.45, 2.75) is 20.0 Å². The Morgan fingerprint density at radius 2 is 2.15 bits per heavy atom. The van der Waals surface area contributed by atoms with E-state index in [1.807, 2.05) is 14.0 Å². The summed E-state index contributed by atoms with van der Waals surface area (Å²) in [6.45, 7) is 3.08. The molecule has 0 saturated carbocycles. The average molecular weight is 273 g/mol. The van der Waals surface area contributed by atoms with Gasteiger partial charge < -0.3 is 10.1 Å². The minimum Gasteiger partial charge on any atom is -0.376 e. The lowest BCUT2D eigenvalue weighted by molar-refractivity contribution is 0.109. The highest BCUT2D eigenvalue weighted by atomic mass is 19.1. The summed E-state index contributed by atoms with van der Waals surface area (Å²) in [6, 6.07) is 4.67. The molecule has 0 spiro atoms. The molecule has 0 radical (unpaired) electrons. The summed E-state index contributed by atoms with van der Waals surface area (Å²) in [5, 5.41) is 3.09. The van der Waals surface area contributed by atoms with Gasteiger partial charge in [-0.05, 0) is 30.7 Å². The van der Waals surface area contributed by atoms with Gasteiger partial charge in [-0.25, -0.2) is 14.4 Å². The fourth-order valence-electron chi connectivity index (χ4n) is 2.44. The van der Waals surface area contributed by atoms with Crippen LogP contribution in [0.3, 0.4) is 0 Å². The van der Waals surface area contributed by atoms with Crippen molar-refractivity contribution in [2.24, 2.45) is 0 Å². The van der Waals surface area contributed by atoms with Gasteiger partial charge >= 0.3 is 0 Å². The first-order chi connectivity index (χ1) is 9.69. The van der Waals surface area contributed by atoms with E-state index in [2.05, 4.69) is 15.3 Å². The average Bonchev–Trinajstić information content (AvgIpc) is 2.46. The molecular weight excluding hydrogens is 257 g/mol. The second-order valence-electron chi connectivity index (χ2n) is 4.83. The topological polar surface area (TPSA) is 47.0 Å². The van der Waals surface area contributed by atoms with Gasteiger partial charge in [0.1, 0.15) is 11.6 Å². The Labute approximate surface area is 117 Å². The van der Waals surface area contributed by atoms with E-state index in [-0.39, 0.29) is 5.82 Å². The number of nitrogens with zero attached hydrogens (tertiary/aromatic N) is 2. The van der Waals surface area contributed by atoms with Crippen molar-refractivity contribution < 1.29 is 9.13 Å². The van der Waals surface area contributed by atoms with E-state index in [1.54, 1.807) is 6.07 Å². The molecule has 0 bridgehead atoms. The highest BCUT2D eigenvalue weighted by molar-refractivity contribution is 5.63. The van der Waals surface area contributed by atoms with Crippen LogP contribution in [0.15, 0.2) is 18.2 Å². The maximum Gasteiger partial charge on any atom is 0.162 e. The third-order valence-electron chi connectivity index (χ3n) is 3.49. The second kappa shape index (κ2) is 5.17. The summed E-state index contributed by atoms with van der Waals surface area (Å²) in [5.41, 5.74) is 3.72. The van der Waals surface area contributed by atoms with Crippen LogP contribution in [0.1, 0.15) is 16.8 Å². The third-order valence-corrected chi connectivity index (χ3v) is 3.49. The van der Waals surface area contributed by atoms with E-state index in [0.717, 1.165) is 34.6 Å². The molecule has 0 fully saturated rings. The SMILES string of the molecule is CNc1nc(-c2ccc(F)cc2C)nc2c1COCC2. The van der Waals surface area contributed by atoms with Crippen molar-refractivity contribution in [2.75, 3.05) is 19.0 Å². The van der Waals surface area contributed by atoms with Crippen molar-refractivity contribution in [3.8, 4) is 11.4 Å². The Kier molecular flexibility index (Phi) is 3.36. The molecule has 1 aliphatic rings. The zero-order valence-electron chi connectivity index (χ0n) is 11.5. The highest BCUT2D eigenvalue weighted by Gasteiger charge is 2.18. The number of benzene rings is 1. The normalized spacial score (nSPS) is 13.9. The van der Waals surface area contributed by atoms with Crippen molar-refractivity contribution in [3.05, 3.63) is 40.8 Å². The summed E-state index contributed by atoms with van der Waals surface area (Å²) in [4.78, 5) is 9.17. The van der Waals surface area contributed by atoms with Crippen LogP contribution >= 0.6 is 0 Å². The molecule has 1 aromatic heterocycles. The molecule has 0 aliphatic carbocycles. The van der Waals surface area contributed by atoms with Gasteiger partial charge in [-0.1, -0.05) is 0 Å². The smallest absolute Gasteiger partial charge is 0.162 e. The number of aryl methyl sites for hydroxylation is 1. The minimum absolute atomic E-state index is 0.244. The van der Waals surface area contributed by atoms with Gasteiger partial charge in [-0.2, -0.15) is 0 Å². The first kappa shape index (κ1) is 13.0. The Morgan fingerprint density at radius 3 is 2.90 bits per heavy atom. The monoisotopic (exact) mass is 273 g/mol. The van der Waals surface area contributed by atoms with Gasteiger partial charge in [-0.3, -0.25) is 0 Å². The largest absolute Gasteiger partial charge is 0.376 e. The van der Waals surface area contributed by atoms with Crippen molar-refractivity contribution in [1.82, 2.24) is 9.97 Å². The molecule has 1 aromatic carbocycles. The fourth-order valence-corrected chi connectivity index (χ4v) is 2.44. The number of aromatic nitrogens is 2. The predicted molar refractivity (Wildman–Crippen MR) is 75.1 cm³/mol. The second-order valence-corrected chi connectivity index (χ2v) is 4.83. The summed E-state index contributed by atoms with van der Waals surface area (Å²) >= 11 is 0. The Morgan fingerprint density at radius 1 is 1.30 bits per heavy atom. The molecule has 3 rings (SSSR count). The van der Waals surface area contributed by atoms with Gasteiger partial charge in [-0.15, -0.1) is 0 Å². The highest BCUT2D eigenvalue weighted by Crippen LogP contribution is 2.27. The number of hydrogen-bond donors (Lipinski definition) is 1. The summed E-state index contributed by atoms with van der Waals surface area (Å²) in [7, 11) is 1.83. The molecule has 104 valence electrons. The zero-order valence-corrected chi connectivity index (χ0v) is 11.5. The van der Waals surface area contributed by atoms with E-state index in [4.69, 9.17) is 4.74 Å². The summed E-state index contributed by atoms with van der Waals surface area (Å²) < 4.78 is 18.7. The van der Waals surface area contributed by atoms with Gasteiger partial charge in [0.15, 0.2) is 5.82 Å². The van der Waals surface area contributed by atoms with Crippen LogP contribution in [0.4, 0.5) is 10.2 Å². The minimum atomic E-state index is -0.244. The van der Waals surface area contributed by atoms with E-state index >= 15 is 0 Å². The van der Waals surface area contributed by atoms with Crippen molar-refractivity contribution in [3.63, 3.8) is 0 Å². The summed E-state index contributed by atoms with van der Waals surface area (Å²) in [6.07, 6.45) is 0.778. The summed E-state index contributed by atoms with van der Waals surface area (Å²) in [5.74, 6) is 1.17. The Balaban J connectivity index is 2.14. The first-order valence-corrected chi connectivity index (χ1v) is 6.61. The van der Waals surface area contributed by atoms with Crippen LogP contribution in [0.25, 0.3) is 11.4 Å². The molecule has 2 heterocycles. The number of rotatable bonds is 2. The van der Waals surface area contributed by atoms with Crippen molar-refractivity contribution >= 4 is 5.82 Å². The van der Waals surface area contributed by atoms with E-state index < -0.39 is 0 Å². The van der Waals surface area contributed by atoms with Gasteiger partial charge in [0, 0.05) is 24.6 Å². The zero-order chi connectivity index (χ0) is 14.1. The Bertz CT molecular complexity index is 641. The van der Waals surface area contributed by atoms with Crippen LogP contribution < -0.4 is 5.32 Å². The standard InChI is InChI=1S/C15H16FN3O/c1-9-7-10(16)3-4-11(9)15-18-13-5-6-20-8-12(13)14(17-2)19-15/h3-4,7H,5-6,8H2,1-2H3,(H,17,18,19). The molecule has 2 aromatic rings. The maximum absolute atomic E-state index is 13.2. The number of hydrogen-bond acceptors (Lipinski definition) is 4. The molecule has 0 unspecified atom stereocenters. The predicted octanol–water partition coefficient (Wildman–Crippen LogP) is 2.71. The maximum atomic E-state index is 13.2. The molecule has 1 N–H and O–H groups in total. The molecule has 0 amide bonds. The lowest BCUT2D eigenvalue weighted by Gasteiger charge is -2.19. The third kappa shape index (κ3) is 2.25. The molecule has 1 aliphatic heterocycles. The number of nitrogens with one attached hydrogen (secondary N) is 1. The fraction of sp³-hybridized carbons (Fsp3) is 0.333. The van der Waals surface area contributed by atoms with Gasteiger partial charge in [0.25, 0.3) is 0 Å². The van der Waals surface area contributed by atoms with Gasteiger partial charge in [0.05, 0.1) is 18.9 Å². The molecule has 20 heavy (non-hydrogen) atoms. The van der Waals surface area contributed by atoms with Gasteiger partial charge in [0.2, 0.25) is 0 Å². The molecule has 0 saturated heterocycles. The number of anilines is 1. The quantitative estimate of drug-likeness (QED) is 0.914. The Hall–Kier alpha value is -2.01. The molecule has 5 heteroatoms. The van der Waals surface area contributed by atoms with Crippen LogP contribution in [0.5, 0.6) is 0 Å². The first-order valence-electron chi connectivity index (χ1n) is 6.61. The lowest BCUT2D eigenvalue weighted by Crippen LogP contribution is -2.16. The lowest BCUT2D eigenvalue weighted by atomic mass is 10.1. The van der Waals surface area contributed by atoms with Crippen LogP contribution in [0.2, 0.25) is 0 Å². The number of ether oxygens (including phenoxy) is 1. The van der Waals surface area contributed by atoms with Crippen LogP contribution in [-0.2, 0) is 17.8 Å². The van der Waals surface area contributed by atoms with Crippen LogP contribution in [0, 0.1) is 12.7 Å². The molecule has 0 atom stereocenters. The molecule has 4 nitrogen and oxygen atoms in total. The van der Waals surface area contributed by atoms with E-state index in [1.165, 1.54) is 12.1 Å². The molecular formula is C15H16FN3O. The van der Waals surface area contributed by atoms with E-state index in [9.17, 15) is 4.39 Å². The number of halogens is 1. The number of fused-ring (bicyclic) bond motifs is 1.